The van der Waals surface area contributed by atoms with Gasteiger partial charge in [0, 0.05) is 5.92 Å². The van der Waals surface area contributed by atoms with E-state index in [-0.39, 0.29) is 28.8 Å². The molecule has 0 saturated heterocycles. The topological polar surface area (TPSA) is 113 Å². The van der Waals surface area contributed by atoms with Crippen LogP contribution >= 0.6 is 0 Å². The molecular weight excluding hydrogens is 272 g/mol. The minimum atomic E-state index is -1.19. The van der Waals surface area contributed by atoms with E-state index in [9.17, 15) is 14.7 Å². The zero-order valence-corrected chi connectivity index (χ0v) is 11.7. The minimum Gasteiger partial charge on any atom is -0.508 e. The molecule has 0 unspecified atom stereocenters. The molecule has 1 aromatic carbocycles. The van der Waals surface area contributed by atoms with E-state index in [0.717, 1.165) is 31.7 Å². The summed E-state index contributed by atoms with van der Waals surface area (Å²) >= 11 is 0. The van der Waals surface area contributed by atoms with E-state index < -0.39 is 5.97 Å². The number of hydrogen-bond donors (Lipinski definition) is 4. The van der Waals surface area contributed by atoms with Gasteiger partial charge in [0.1, 0.15) is 5.75 Å². The van der Waals surface area contributed by atoms with Crippen molar-refractivity contribution >= 4 is 17.6 Å². The summed E-state index contributed by atoms with van der Waals surface area (Å²) in [7, 11) is 0. The van der Waals surface area contributed by atoms with E-state index in [0.29, 0.717) is 12.5 Å². The van der Waals surface area contributed by atoms with Crippen LogP contribution in [0.25, 0.3) is 0 Å². The van der Waals surface area contributed by atoms with Crippen molar-refractivity contribution in [1.82, 2.24) is 0 Å². The first kappa shape index (κ1) is 15.3. The highest BCUT2D eigenvalue weighted by Gasteiger charge is 2.26. The van der Waals surface area contributed by atoms with Crippen LogP contribution in [0.5, 0.6) is 5.75 Å². The lowest BCUT2D eigenvalue weighted by molar-refractivity contribution is -0.121. The number of benzene rings is 1. The number of hydrogen-bond acceptors (Lipinski definition) is 4. The van der Waals surface area contributed by atoms with Crippen molar-refractivity contribution in [2.24, 2.45) is 17.6 Å². The van der Waals surface area contributed by atoms with Crippen LogP contribution in [-0.4, -0.2) is 28.6 Å². The van der Waals surface area contributed by atoms with Gasteiger partial charge in [-0.25, -0.2) is 4.79 Å². The average molecular weight is 292 g/mol. The number of phenolic OH excluding ortho intramolecular Hbond substituents is 1. The number of carbonyl (C=O) groups excluding carboxylic acids is 1. The summed E-state index contributed by atoms with van der Waals surface area (Å²) in [6, 6.07) is 3.89. The Morgan fingerprint density at radius 1 is 1.24 bits per heavy atom. The maximum Gasteiger partial charge on any atom is 0.337 e. The molecule has 0 aromatic heterocycles. The number of nitrogens with one attached hydrogen (secondary N) is 1. The molecule has 6 heteroatoms. The molecule has 0 atom stereocenters. The van der Waals surface area contributed by atoms with Gasteiger partial charge in [0.15, 0.2) is 0 Å². The van der Waals surface area contributed by atoms with Crippen LogP contribution in [0.2, 0.25) is 0 Å². The fourth-order valence-electron chi connectivity index (χ4n) is 2.71. The van der Waals surface area contributed by atoms with Crippen molar-refractivity contribution in [3.8, 4) is 5.75 Å². The zero-order chi connectivity index (χ0) is 15.4. The van der Waals surface area contributed by atoms with Gasteiger partial charge in [-0.1, -0.05) is 0 Å². The lowest BCUT2D eigenvalue weighted by atomic mass is 9.81. The lowest BCUT2D eigenvalue weighted by Gasteiger charge is -2.26. The van der Waals surface area contributed by atoms with Gasteiger partial charge in [-0.3, -0.25) is 4.79 Å². The third kappa shape index (κ3) is 3.72. The quantitative estimate of drug-likeness (QED) is 0.632. The predicted octanol–water partition coefficient (Wildman–Crippen LogP) is 1.79. The van der Waals surface area contributed by atoms with Crippen LogP contribution in [0, 0.1) is 11.8 Å². The summed E-state index contributed by atoms with van der Waals surface area (Å²) < 4.78 is 0. The molecule has 1 saturated carbocycles. The molecule has 114 valence electrons. The second-order valence-electron chi connectivity index (χ2n) is 5.48. The molecule has 2 rings (SSSR count). The molecule has 1 amide bonds. The predicted molar refractivity (Wildman–Crippen MR) is 78.2 cm³/mol. The number of carboxylic acids is 1. The Balaban J connectivity index is 2.05. The maximum absolute atomic E-state index is 12.2. The van der Waals surface area contributed by atoms with Crippen molar-refractivity contribution in [2.45, 2.75) is 25.7 Å². The van der Waals surface area contributed by atoms with Crippen molar-refractivity contribution in [2.75, 3.05) is 11.9 Å². The van der Waals surface area contributed by atoms with Crippen LogP contribution in [0.4, 0.5) is 5.69 Å². The van der Waals surface area contributed by atoms with Crippen LogP contribution in [0.15, 0.2) is 18.2 Å². The Hall–Kier alpha value is -2.08. The summed E-state index contributed by atoms with van der Waals surface area (Å²) in [6.45, 7) is 0.648. The van der Waals surface area contributed by atoms with Gasteiger partial charge in [0.25, 0.3) is 0 Å². The normalized spacial score (nSPS) is 21.8. The second kappa shape index (κ2) is 6.58. The molecule has 0 heterocycles. The lowest BCUT2D eigenvalue weighted by Crippen LogP contribution is -2.29. The number of carbonyl (C=O) groups is 2. The molecule has 0 spiro atoms. The molecule has 5 N–H and O–H groups in total. The van der Waals surface area contributed by atoms with Gasteiger partial charge in [0.2, 0.25) is 5.91 Å². The maximum atomic E-state index is 12.2. The Morgan fingerprint density at radius 3 is 2.48 bits per heavy atom. The Morgan fingerprint density at radius 2 is 1.90 bits per heavy atom. The standard InChI is InChI=1S/C15H20N2O4/c16-8-9-1-3-10(4-2-9)14(19)17-13-6-5-11(18)7-12(13)15(20)21/h5-7,9-10,18H,1-4,8,16H2,(H,17,19)(H,20,21). The Kier molecular flexibility index (Phi) is 4.80. The fraction of sp³-hybridized carbons (Fsp3) is 0.467. The van der Waals surface area contributed by atoms with E-state index in [1.54, 1.807) is 0 Å². The van der Waals surface area contributed by atoms with E-state index in [2.05, 4.69) is 5.32 Å². The molecule has 0 aliphatic heterocycles. The first-order valence-corrected chi connectivity index (χ1v) is 7.08. The monoisotopic (exact) mass is 292 g/mol. The van der Waals surface area contributed by atoms with Crippen molar-refractivity contribution in [1.29, 1.82) is 0 Å². The second-order valence-corrected chi connectivity index (χ2v) is 5.48. The summed E-state index contributed by atoms with van der Waals surface area (Å²) in [6.07, 6.45) is 3.40. The molecule has 1 aromatic rings. The van der Waals surface area contributed by atoms with Crippen LogP contribution < -0.4 is 11.1 Å². The van der Waals surface area contributed by atoms with Crippen LogP contribution in [0.1, 0.15) is 36.0 Å². The largest absolute Gasteiger partial charge is 0.508 e. The van der Waals surface area contributed by atoms with Gasteiger partial charge in [0.05, 0.1) is 11.3 Å². The number of aromatic hydroxyl groups is 1. The number of amides is 1. The summed E-state index contributed by atoms with van der Waals surface area (Å²) in [5.41, 5.74) is 5.73. The minimum absolute atomic E-state index is 0.108. The summed E-state index contributed by atoms with van der Waals surface area (Å²) in [5, 5.41) is 21.1. The van der Waals surface area contributed by atoms with Crippen LogP contribution in [-0.2, 0) is 4.79 Å². The van der Waals surface area contributed by atoms with Gasteiger partial charge in [-0.15, -0.1) is 0 Å². The summed E-state index contributed by atoms with van der Waals surface area (Å²) in [4.78, 5) is 23.4. The number of phenols is 1. The first-order chi connectivity index (χ1) is 10.0. The van der Waals surface area contributed by atoms with Crippen molar-refractivity contribution < 1.29 is 19.8 Å². The SMILES string of the molecule is NCC1CCC(C(=O)Nc2ccc(O)cc2C(=O)O)CC1. The molecular formula is C15H20N2O4. The highest BCUT2D eigenvalue weighted by atomic mass is 16.4. The zero-order valence-electron chi connectivity index (χ0n) is 11.7. The summed E-state index contributed by atoms with van der Waals surface area (Å²) in [5.74, 6) is -1.12. The Labute approximate surface area is 123 Å². The third-order valence-electron chi connectivity index (χ3n) is 4.04. The number of aromatic carboxylic acids is 1. The van der Waals surface area contributed by atoms with Gasteiger partial charge >= 0.3 is 5.97 Å². The number of anilines is 1. The molecule has 21 heavy (non-hydrogen) atoms. The molecule has 1 aliphatic rings. The number of carboxylic acid groups (broad SMARTS) is 1. The van der Waals surface area contributed by atoms with Crippen LogP contribution in [0.3, 0.4) is 0 Å². The molecule has 6 nitrogen and oxygen atoms in total. The van der Waals surface area contributed by atoms with E-state index in [1.807, 2.05) is 0 Å². The fourth-order valence-corrected chi connectivity index (χ4v) is 2.71. The highest BCUT2D eigenvalue weighted by Crippen LogP contribution is 2.30. The number of rotatable bonds is 4. The smallest absolute Gasteiger partial charge is 0.337 e. The van der Waals surface area contributed by atoms with Gasteiger partial charge in [-0.2, -0.15) is 0 Å². The van der Waals surface area contributed by atoms with Gasteiger partial charge in [-0.05, 0) is 56.3 Å². The highest BCUT2D eigenvalue weighted by molar-refractivity contribution is 6.01. The number of nitrogens with two attached hydrogens (primary N) is 1. The van der Waals surface area contributed by atoms with E-state index in [1.165, 1.54) is 12.1 Å². The average Bonchev–Trinajstić information content (AvgIpc) is 2.49. The molecule has 0 bridgehead atoms. The molecule has 1 fully saturated rings. The van der Waals surface area contributed by atoms with Crippen molar-refractivity contribution in [3.05, 3.63) is 23.8 Å². The molecule has 0 radical (unpaired) electrons. The Bertz CT molecular complexity index is 536. The first-order valence-electron chi connectivity index (χ1n) is 7.08. The van der Waals surface area contributed by atoms with Crippen molar-refractivity contribution in [3.63, 3.8) is 0 Å². The van der Waals surface area contributed by atoms with E-state index in [4.69, 9.17) is 10.8 Å². The third-order valence-corrected chi connectivity index (χ3v) is 4.04. The van der Waals surface area contributed by atoms with Gasteiger partial charge < -0.3 is 21.3 Å². The molecule has 1 aliphatic carbocycles. The van der Waals surface area contributed by atoms with E-state index >= 15 is 0 Å².